The zero-order chi connectivity index (χ0) is 19.2. The number of hydrogen-bond donors (Lipinski definition) is 1. The normalized spacial score (nSPS) is 10.5. The van der Waals surface area contributed by atoms with E-state index in [0.717, 1.165) is 15.6 Å². The smallest absolute Gasteiger partial charge is 0.263 e. The number of carbonyl (C=O) groups is 1. The van der Waals surface area contributed by atoms with Crippen LogP contribution in [0.4, 0.5) is 5.82 Å². The molecule has 0 aliphatic heterocycles. The van der Waals surface area contributed by atoms with Crippen LogP contribution >= 0.6 is 15.9 Å². The van der Waals surface area contributed by atoms with Crippen LogP contribution in [-0.2, 0) is 11.3 Å². The molecule has 0 spiro atoms. The maximum atomic E-state index is 12.3. The van der Waals surface area contributed by atoms with Gasteiger partial charge in [0.1, 0.15) is 5.82 Å². The van der Waals surface area contributed by atoms with Gasteiger partial charge in [-0.05, 0) is 36.2 Å². The van der Waals surface area contributed by atoms with Crippen molar-refractivity contribution in [2.75, 3.05) is 19.0 Å². The van der Waals surface area contributed by atoms with Crippen molar-refractivity contribution in [3.63, 3.8) is 0 Å². The standard InChI is InChI=1S/C20H20BrN3O3/c1-14-7-8-17(18(11-14)26-2)27-13-20(25)23-19-9-10-22-24(19)12-15-5-3-4-6-16(15)21/h3-11H,12-13H2,1-2H3,(H,23,25). The molecule has 0 unspecified atom stereocenters. The van der Waals surface area contributed by atoms with Crippen molar-refractivity contribution in [3.05, 3.63) is 70.3 Å². The van der Waals surface area contributed by atoms with E-state index in [1.807, 2.05) is 43.3 Å². The number of amides is 1. The highest BCUT2D eigenvalue weighted by atomic mass is 79.9. The highest BCUT2D eigenvalue weighted by molar-refractivity contribution is 9.10. The SMILES string of the molecule is COc1cc(C)ccc1OCC(=O)Nc1ccnn1Cc1ccccc1Br. The van der Waals surface area contributed by atoms with Crippen LogP contribution < -0.4 is 14.8 Å². The third kappa shape index (κ3) is 4.89. The van der Waals surface area contributed by atoms with Gasteiger partial charge in [0.05, 0.1) is 19.9 Å². The van der Waals surface area contributed by atoms with Crippen LogP contribution in [0.5, 0.6) is 11.5 Å². The van der Waals surface area contributed by atoms with E-state index in [9.17, 15) is 4.79 Å². The van der Waals surface area contributed by atoms with E-state index < -0.39 is 0 Å². The Morgan fingerprint density at radius 1 is 1.19 bits per heavy atom. The summed E-state index contributed by atoms with van der Waals surface area (Å²) in [6.07, 6.45) is 1.65. The number of aryl methyl sites for hydroxylation is 1. The van der Waals surface area contributed by atoms with Crippen LogP contribution in [0.1, 0.15) is 11.1 Å². The molecule has 3 aromatic rings. The highest BCUT2D eigenvalue weighted by Gasteiger charge is 2.11. The minimum atomic E-state index is -0.272. The van der Waals surface area contributed by atoms with Gasteiger partial charge in [-0.15, -0.1) is 0 Å². The Balaban J connectivity index is 1.62. The fourth-order valence-corrected chi connectivity index (χ4v) is 2.98. The van der Waals surface area contributed by atoms with Crippen LogP contribution in [0.3, 0.4) is 0 Å². The summed E-state index contributed by atoms with van der Waals surface area (Å²) in [6.45, 7) is 2.38. The summed E-state index contributed by atoms with van der Waals surface area (Å²) in [5.74, 6) is 1.46. The van der Waals surface area contributed by atoms with E-state index in [4.69, 9.17) is 9.47 Å². The number of aromatic nitrogens is 2. The summed E-state index contributed by atoms with van der Waals surface area (Å²) in [6, 6.07) is 15.2. The molecule has 1 amide bonds. The Labute approximate surface area is 166 Å². The van der Waals surface area contributed by atoms with E-state index in [1.165, 1.54) is 0 Å². The highest BCUT2D eigenvalue weighted by Crippen LogP contribution is 2.27. The molecule has 1 aromatic heterocycles. The number of hydrogen-bond acceptors (Lipinski definition) is 4. The lowest BCUT2D eigenvalue weighted by atomic mass is 10.2. The van der Waals surface area contributed by atoms with Crippen LogP contribution in [0, 0.1) is 6.92 Å². The van der Waals surface area contributed by atoms with E-state index in [1.54, 1.807) is 30.1 Å². The van der Waals surface area contributed by atoms with Crippen molar-refractivity contribution < 1.29 is 14.3 Å². The average molecular weight is 430 g/mol. The maximum absolute atomic E-state index is 12.3. The summed E-state index contributed by atoms with van der Waals surface area (Å²) in [4.78, 5) is 12.3. The molecule has 1 heterocycles. The first-order chi connectivity index (χ1) is 13.1. The first kappa shape index (κ1) is 19.0. The van der Waals surface area contributed by atoms with Crippen LogP contribution in [-0.4, -0.2) is 29.4 Å². The number of halogens is 1. The van der Waals surface area contributed by atoms with Gasteiger partial charge in [-0.2, -0.15) is 5.10 Å². The predicted octanol–water partition coefficient (Wildman–Crippen LogP) is 4.03. The minimum absolute atomic E-state index is 0.125. The van der Waals surface area contributed by atoms with Gasteiger partial charge >= 0.3 is 0 Å². The van der Waals surface area contributed by atoms with Crippen LogP contribution in [0.25, 0.3) is 0 Å². The van der Waals surface area contributed by atoms with E-state index in [0.29, 0.717) is 23.9 Å². The van der Waals surface area contributed by atoms with Gasteiger partial charge < -0.3 is 14.8 Å². The molecule has 0 fully saturated rings. The molecule has 140 valence electrons. The predicted molar refractivity (Wildman–Crippen MR) is 107 cm³/mol. The molecule has 0 radical (unpaired) electrons. The van der Waals surface area contributed by atoms with Gasteiger partial charge in [0, 0.05) is 10.5 Å². The number of carbonyl (C=O) groups excluding carboxylic acids is 1. The van der Waals surface area contributed by atoms with Gasteiger partial charge in [-0.1, -0.05) is 40.2 Å². The first-order valence-electron chi connectivity index (χ1n) is 8.39. The number of anilines is 1. The van der Waals surface area contributed by atoms with E-state index >= 15 is 0 Å². The molecular formula is C20H20BrN3O3. The summed E-state index contributed by atoms with van der Waals surface area (Å²) in [7, 11) is 1.57. The molecule has 0 saturated heterocycles. The molecule has 6 nitrogen and oxygen atoms in total. The number of benzene rings is 2. The lowest BCUT2D eigenvalue weighted by Crippen LogP contribution is -2.22. The van der Waals surface area contributed by atoms with Gasteiger partial charge in [0.15, 0.2) is 18.1 Å². The summed E-state index contributed by atoms with van der Waals surface area (Å²) in [5, 5.41) is 7.11. The largest absolute Gasteiger partial charge is 0.493 e. The Kier molecular flexibility index (Phi) is 6.13. The molecular weight excluding hydrogens is 410 g/mol. The number of nitrogens with one attached hydrogen (secondary N) is 1. The van der Waals surface area contributed by atoms with Gasteiger partial charge in [-0.3, -0.25) is 4.79 Å². The Hall–Kier alpha value is -2.80. The molecule has 0 atom stereocenters. The molecule has 2 aromatic carbocycles. The van der Waals surface area contributed by atoms with E-state index in [-0.39, 0.29) is 12.5 Å². The second-order valence-electron chi connectivity index (χ2n) is 5.96. The molecule has 3 rings (SSSR count). The molecule has 7 heteroatoms. The number of rotatable bonds is 7. The molecule has 27 heavy (non-hydrogen) atoms. The first-order valence-corrected chi connectivity index (χ1v) is 9.18. The zero-order valence-corrected chi connectivity index (χ0v) is 16.7. The summed E-state index contributed by atoms with van der Waals surface area (Å²) < 4.78 is 13.6. The average Bonchev–Trinajstić information content (AvgIpc) is 3.09. The van der Waals surface area contributed by atoms with Gasteiger partial charge in [0.2, 0.25) is 0 Å². The monoisotopic (exact) mass is 429 g/mol. The van der Waals surface area contributed by atoms with Gasteiger partial charge in [-0.25, -0.2) is 4.68 Å². The third-order valence-electron chi connectivity index (χ3n) is 3.94. The summed E-state index contributed by atoms with van der Waals surface area (Å²) >= 11 is 3.53. The molecule has 0 saturated carbocycles. The van der Waals surface area contributed by atoms with Crippen molar-refractivity contribution in [2.24, 2.45) is 0 Å². The van der Waals surface area contributed by atoms with Crippen molar-refractivity contribution >= 4 is 27.7 Å². The second kappa shape index (κ2) is 8.73. The Morgan fingerprint density at radius 3 is 2.78 bits per heavy atom. The lowest BCUT2D eigenvalue weighted by molar-refractivity contribution is -0.118. The fourth-order valence-electron chi connectivity index (χ4n) is 2.57. The topological polar surface area (TPSA) is 65.4 Å². The van der Waals surface area contributed by atoms with Crippen molar-refractivity contribution in [2.45, 2.75) is 13.5 Å². The Morgan fingerprint density at radius 2 is 2.00 bits per heavy atom. The number of ether oxygens (including phenoxy) is 2. The van der Waals surface area contributed by atoms with Crippen LogP contribution in [0.15, 0.2) is 59.2 Å². The van der Waals surface area contributed by atoms with Crippen molar-refractivity contribution in [3.8, 4) is 11.5 Å². The zero-order valence-electron chi connectivity index (χ0n) is 15.1. The van der Waals surface area contributed by atoms with Gasteiger partial charge in [0.25, 0.3) is 5.91 Å². The van der Waals surface area contributed by atoms with Crippen molar-refractivity contribution in [1.82, 2.24) is 9.78 Å². The fraction of sp³-hybridized carbons (Fsp3) is 0.200. The molecule has 0 aliphatic carbocycles. The molecule has 0 bridgehead atoms. The minimum Gasteiger partial charge on any atom is -0.493 e. The Bertz CT molecular complexity index is 940. The quantitative estimate of drug-likeness (QED) is 0.615. The third-order valence-corrected chi connectivity index (χ3v) is 4.71. The lowest BCUT2D eigenvalue weighted by Gasteiger charge is -2.12. The molecule has 0 aliphatic rings. The maximum Gasteiger partial charge on any atom is 0.263 e. The van der Waals surface area contributed by atoms with Crippen LogP contribution in [0.2, 0.25) is 0 Å². The number of nitrogens with zero attached hydrogens (tertiary/aromatic N) is 2. The van der Waals surface area contributed by atoms with E-state index in [2.05, 4.69) is 26.3 Å². The number of methoxy groups -OCH3 is 1. The molecule has 1 N–H and O–H groups in total. The summed E-state index contributed by atoms with van der Waals surface area (Å²) in [5.41, 5.74) is 2.12. The second-order valence-corrected chi connectivity index (χ2v) is 6.81. The van der Waals surface area contributed by atoms with Crippen molar-refractivity contribution in [1.29, 1.82) is 0 Å².